The van der Waals surface area contributed by atoms with E-state index in [1.54, 1.807) is 4.90 Å². The van der Waals surface area contributed by atoms with Crippen LogP contribution in [0.4, 0.5) is 4.79 Å². The number of rotatable bonds is 2. The second-order valence-corrected chi connectivity index (χ2v) is 6.21. The lowest BCUT2D eigenvalue weighted by atomic mass is 9.90. The average Bonchev–Trinajstić information content (AvgIpc) is 2.46. The number of carbonyl (C=O) groups excluding carboxylic acids is 1. The molecule has 114 valence electrons. The maximum atomic E-state index is 12.6. The second kappa shape index (κ2) is 6.46. The molecule has 1 N–H and O–H groups in total. The van der Waals surface area contributed by atoms with Gasteiger partial charge in [0.25, 0.3) is 0 Å². The van der Waals surface area contributed by atoms with Crippen molar-refractivity contribution in [1.82, 2.24) is 9.80 Å². The summed E-state index contributed by atoms with van der Waals surface area (Å²) in [5, 5.41) is 9.24. The first-order chi connectivity index (χ1) is 9.52. The zero-order valence-corrected chi connectivity index (χ0v) is 12.5. The molecule has 0 aromatic carbocycles. The Morgan fingerprint density at radius 1 is 1.10 bits per heavy atom. The van der Waals surface area contributed by atoms with Crippen molar-refractivity contribution >= 4 is 12.0 Å². The van der Waals surface area contributed by atoms with Gasteiger partial charge < -0.3 is 14.9 Å². The van der Waals surface area contributed by atoms with Gasteiger partial charge in [-0.15, -0.1) is 0 Å². The first kappa shape index (κ1) is 15.1. The van der Waals surface area contributed by atoms with Gasteiger partial charge in [0, 0.05) is 25.7 Å². The molecule has 1 aliphatic carbocycles. The largest absolute Gasteiger partial charge is 0.481 e. The molecule has 2 amide bonds. The van der Waals surface area contributed by atoms with Crippen LogP contribution in [-0.2, 0) is 4.79 Å². The van der Waals surface area contributed by atoms with Crippen LogP contribution in [0, 0.1) is 5.92 Å². The summed E-state index contributed by atoms with van der Waals surface area (Å²) in [4.78, 5) is 27.5. The first-order valence-corrected chi connectivity index (χ1v) is 7.78. The van der Waals surface area contributed by atoms with Crippen molar-refractivity contribution in [2.75, 3.05) is 13.6 Å². The van der Waals surface area contributed by atoms with Gasteiger partial charge in [0.1, 0.15) is 0 Å². The highest BCUT2D eigenvalue weighted by molar-refractivity contribution is 5.77. The fourth-order valence-electron chi connectivity index (χ4n) is 3.57. The van der Waals surface area contributed by atoms with Gasteiger partial charge >= 0.3 is 12.0 Å². The first-order valence-electron chi connectivity index (χ1n) is 7.78. The zero-order chi connectivity index (χ0) is 14.7. The average molecular weight is 282 g/mol. The molecule has 0 bridgehead atoms. The molecule has 1 aliphatic heterocycles. The summed E-state index contributed by atoms with van der Waals surface area (Å²) < 4.78 is 0. The number of likely N-dealkylation sites (tertiary alicyclic amines) is 1. The minimum absolute atomic E-state index is 0.00958. The molecule has 2 fully saturated rings. The van der Waals surface area contributed by atoms with Crippen molar-refractivity contribution in [3.05, 3.63) is 0 Å². The van der Waals surface area contributed by atoms with Crippen LogP contribution in [0.25, 0.3) is 0 Å². The van der Waals surface area contributed by atoms with Crippen molar-refractivity contribution in [1.29, 1.82) is 0 Å². The molecule has 0 unspecified atom stereocenters. The number of nitrogens with zero attached hydrogens (tertiary/aromatic N) is 2. The van der Waals surface area contributed by atoms with Crippen molar-refractivity contribution in [3.8, 4) is 0 Å². The summed E-state index contributed by atoms with van der Waals surface area (Å²) in [6.07, 6.45) is 7.25. The Bertz CT molecular complexity index is 366. The van der Waals surface area contributed by atoms with Gasteiger partial charge in [-0.1, -0.05) is 19.3 Å². The third-order valence-corrected chi connectivity index (χ3v) is 4.98. The van der Waals surface area contributed by atoms with Gasteiger partial charge in [0.15, 0.2) is 0 Å². The molecule has 20 heavy (non-hydrogen) atoms. The zero-order valence-electron chi connectivity index (χ0n) is 12.5. The summed E-state index contributed by atoms with van der Waals surface area (Å²) >= 11 is 0. The van der Waals surface area contributed by atoms with Crippen molar-refractivity contribution in [2.45, 2.75) is 64.0 Å². The number of aliphatic carboxylic acids is 1. The summed E-state index contributed by atoms with van der Waals surface area (Å²) in [5.41, 5.74) is 0. The van der Waals surface area contributed by atoms with Crippen LogP contribution < -0.4 is 0 Å². The lowest BCUT2D eigenvalue weighted by Gasteiger charge is -2.42. The highest BCUT2D eigenvalue weighted by Crippen LogP contribution is 2.27. The number of amides is 2. The van der Waals surface area contributed by atoms with Crippen molar-refractivity contribution < 1.29 is 14.7 Å². The number of carboxylic acids is 1. The summed E-state index contributed by atoms with van der Waals surface area (Å²) in [6.45, 7) is 2.55. The quantitative estimate of drug-likeness (QED) is 0.846. The Morgan fingerprint density at radius 2 is 1.75 bits per heavy atom. The lowest BCUT2D eigenvalue weighted by Crippen LogP contribution is -2.55. The van der Waals surface area contributed by atoms with Gasteiger partial charge in [-0.2, -0.15) is 0 Å². The Balaban J connectivity index is 2.01. The van der Waals surface area contributed by atoms with E-state index in [0.717, 1.165) is 19.3 Å². The topological polar surface area (TPSA) is 60.9 Å². The molecule has 1 heterocycles. The SMILES string of the molecule is C[C@@H]1[C@H](C(=O)O)CCCN1C(=O)N(C)C1CCCCC1. The summed E-state index contributed by atoms with van der Waals surface area (Å²) in [6, 6.07) is 0.129. The Morgan fingerprint density at radius 3 is 2.35 bits per heavy atom. The highest BCUT2D eigenvalue weighted by atomic mass is 16.4. The Labute approximate surface area is 120 Å². The number of urea groups is 1. The van der Waals surface area contributed by atoms with E-state index in [2.05, 4.69) is 0 Å². The maximum Gasteiger partial charge on any atom is 0.320 e. The predicted molar refractivity (Wildman–Crippen MR) is 76.6 cm³/mol. The van der Waals surface area contributed by atoms with Crippen LogP contribution in [0.15, 0.2) is 0 Å². The third-order valence-electron chi connectivity index (χ3n) is 4.98. The summed E-state index contributed by atoms with van der Waals surface area (Å²) in [5.74, 6) is -1.21. The molecule has 0 radical (unpaired) electrons. The maximum absolute atomic E-state index is 12.6. The summed E-state index contributed by atoms with van der Waals surface area (Å²) in [7, 11) is 1.87. The van der Waals surface area contributed by atoms with Gasteiger partial charge in [-0.05, 0) is 32.6 Å². The number of piperidine rings is 1. The van der Waals surface area contributed by atoms with Gasteiger partial charge in [-0.25, -0.2) is 4.79 Å². The molecule has 2 aliphatic rings. The second-order valence-electron chi connectivity index (χ2n) is 6.21. The molecule has 2 atom stereocenters. The van der Waals surface area contributed by atoms with E-state index in [-0.39, 0.29) is 12.1 Å². The molecule has 0 aromatic rings. The number of hydrogen-bond acceptors (Lipinski definition) is 2. The molecule has 0 aromatic heterocycles. The van der Waals surface area contributed by atoms with E-state index in [4.69, 9.17) is 0 Å². The molecule has 5 heteroatoms. The smallest absolute Gasteiger partial charge is 0.320 e. The number of hydrogen-bond donors (Lipinski definition) is 1. The van der Waals surface area contributed by atoms with Gasteiger partial charge in [-0.3, -0.25) is 4.79 Å². The molecule has 1 saturated heterocycles. The van der Waals surface area contributed by atoms with Crippen LogP contribution in [0.5, 0.6) is 0 Å². The molecule has 0 spiro atoms. The van der Waals surface area contributed by atoms with Crippen LogP contribution in [0.3, 0.4) is 0 Å². The van der Waals surface area contributed by atoms with Crippen LogP contribution in [0.1, 0.15) is 51.9 Å². The fraction of sp³-hybridized carbons (Fsp3) is 0.867. The standard InChI is InChI=1S/C15H26N2O3/c1-11-13(14(18)19)9-6-10-17(11)15(20)16(2)12-7-4-3-5-8-12/h11-13H,3-10H2,1-2H3,(H,18,19)/t11-,13-/m1/s1. The fourth-order valence-corrected chi connectivity index (χ4v) is 3.57. The molecule has 5 nitrogen and oxygen atoms in total. The van der Waals surface area contributed by atoms with Gasteiger partial charge in [0.05, 0.1) is 5.92 Å². The predicted octanol–water partition coefficient (Wildman–Crippen LogP) is 2.56. The molecule has 2 rings (SSSR count). The van der Waals surface area contributed by atoms with Crippen LogP contribution in [-0.4, -0.2) is 52.6 Å². The lowest BCUT2D eigenvalue weighted by molar-refractivity contribution is -0.145. The van der Waals surface area contributed by atoms with E-state index >= 15 is 0 Å². The Kier molecular flexibility index (Phi) is 4.89. The van der Waals surface area contributed by atoms with Crippen LogP contribution >= 0.6 is 0 Å². The molecule has 1 saturated carbocycles. The molecular weight excluding hydrogens is 256 g/mol. The van der Waals surface area contributed by atoms with E-state index < -0.39 is 11.9 Å². The number of carboxylic acid groups (broad SMARTS) is 1. The minimum atomic E-state index is -0.782. The van der Waals surface area contributed by atoms with Crippen molar-refractivity contribution in [2.24, 2.45) is 5.92 Å². The van der Waals surface area contributed by atoms with Gasteiger partial charge in [0.2, 0.25) is 0 Å². The van der Waals surface area contributed by atoms with E-state index in [9.17, 15) is 14.7 Å². The molecular formula is C15H26N2O3. The highest BCUT2D eigenvalue weighted by Gasteiger charge is 2.37. The minimum Gasteiger partial charge on any atom is -0.481 e. The van der Waals surface area contributed by atoms with E-state index in [0.29, 0.717) is 19.0 Å². The third kappa shape index (κ3) is 3.07. The monoisotopic (exact) mass is 282 g/mol. The number of carbonyl (C=O) groups is 2. The van der Waals surface area contributed by atoms with E-state index in [1.807, 2.05) is 18.9 Å². The Hall–Kier alpha value is -1.26. The van der Waals surface area contributed by atoms with Crippen molar-refractivity contribution in [3.63, 3.8) is 0 Å². The van der Waals surface area contributed by atoms with Crippen LogP contribution in [0.2, 0.25) is 0 Å². The van der Waals surface area contributed by atoms with E-state index in [1.165, 1.54) is 19.3 Å². The normalized spacial score (nSPS) is 28.2.